The van der Waals surface area contributed by atoms with Gasteiger partial charge in [-0.15, -0.1) is 0 Å². The molecule has 0 radical (unpaired) electrons. The molecule has 0 spiro atoms. The largest absolute Gasteiger partial charge is 0.394 e. The second-order valence-corrected chi connectivity index (χ2v) is 1.68. The number of ether oxygens (including phenoxy) is 1. The first-order valence-electron chi connectivity index (χ1n) is 3.25. The van der Waals surface area contributed by atoms with Crippen molar-refractivity contribution in [2.45, 2.75) is 13.3 Å². The van der Waals surface area contributed by atoms with Gasteiger partial charge in [-0.2, -0.15) is 0 Å². The van der Waals surface area contributed by atoms with E-state index in [1.807, 2.05) is 12.2 Å². The Balaban J connectivity index is 2.82. The maximum absolute atomic E-state index is 8.27. The highest BCUT2D eigenvalue weighted by atomic mass is 16.5. The van der Waals surface area contributed by atoms with Gasteiger partial charge in [-0.05, 0) is 6.42 Å². The molecule has 0 atom stereocenters. The lowest BCUT2D eigenvalue weighted by Crippen LogP contribution is -1.97. The Morgan fingerprint density at radius 1 is 1.44 bits per heavy atom. The monoisotopic (exact) mass is 130 g/mol. The van der Waals surface area contributed by atoms with E-state index in [0.29, 0.717) is 13.2 Å². The molecule has 0 aromatic rings. The second kappa shape index (κ2) is 7.66. The van der Waals surface area contributed by atoms with Gasteiger partial charge in [0.2, 0.25) is 0 Å². The summed E-state index contributed by atoms with van der Waals surface area (Å²) in [6, 6.07) is 0. The Hall–Kier alpha value is -0.340. The fourth-order valence-electron chi connectivity index (χ4n) is 0.451. The van der Waals surface area contributed by atoms with Crippen molar-refractivity contribution < 1.29 is 9.84 Å². The molecule has 2 heteroatoms. The van der Waals surface area contributed by atoms with Crippen molar-refractivity contribution >= 4 is 0 Å². The van der Waals surface area contributed by atoms with Crippen LogP contribution in [0.5, 0.6) is 0 Å². The number of aliphatic hydroxyl groups is 1. The van der Waals surface area contributed by atoms with Gasteiger partial charge in [0.25, 0.3) is 0 Å². The molecular formula is C7H14O2. The normalized spacial score (nSPS) is 10.9. The van der Waals surface area contributed by atoms with Crippen LogP contribution in [-0.2, 0) is 4.74 Å². The van der Waals surface area contributed by atoms with Gasteiger partial charge < -0.3 is 9.84 Å². The lowest BCUT2D eigenvalue weighted by molar-refractivity contribution is 0.112. The summed E-state index contributed by atoms with van der Waals surface area (Å²) in [5, 5.41) is 8.27. The number of aliphatic hydroxyl groups excluding tert-OH is 1. The van der Waals surface area contributed by atoms with Gasteiger partial charge in [0.15, 0.2) is 0 Å². The number of hydrogen-bond donors (Lipinski definition) is 1. The lowest BCUT2D eigenvalue weighted by Gasteiger charge is -1.93. The predicted molar refractivity (Wildman–Crippen MR) is 37.3 cm³/mol. The summed E-state index contributed by atoms with van der Waals surface area (Å²) in [6.07, 6.45) is 5.04. The minimum absolute atomic E-state index is 0.111. The molecule has 0 aliphatic heterocycles. The quantitative estimate of drug-likeness (QED) is 0.443. The summed E-state index contributed by atoms with van der Waals surface area (Å²) in [7, 11) is 0. The van der Waals surface area contributed by atoms with E-state index in [2.05, 4.69) is 6.92 Å². The Morgan fingerprint density at radius 2 is 2.22 bits per heavy atom. The van der Waals surface area contributed by atoms with Crippen LogP contribution >= 0.6 is 0 Å². The van der Waals surface area contributed by atoms with E-state index >= 15 is 0 Å². The van der Waals surface area contributed by atoms with Crippen molar-refractivity contribution in [3.05, 3.63) is 12.2 Å². The van der Waals surface area contributed by atoms with Crippen LogP contribution in [0.1, 0.15) is 13.3 Å². The van der Waals surface area contributed by atoms with Crippen molar-refractivity contribution in [2.24, 2.45) is 0 Å². The summed E-state index contributed by atoms with van der Waals surface area (Å²) in [5.41, 5.74) is 0. The fourth-order valence-corrected chi connectivity index (χ4v) is 0.451. The molecule has 54 valence electrons. The van der Waals surface area contributed by atoms with Gasteiger partial charge in [-0.1, -0.05) is 19.1 Å². The highest BCUT2D eigenvalue weighted by Gasteiger charge is 1.78. The van der Waals surface area contributed by atoms with Crippen LogP contribution in [0.25, 0.3) is 0 Å². The SMILES string of the molecule is CCC=CCOCCO. The van der Waals surface area contributed by atoms with Gasteiger partial charge in [0.05, 0.1) is 19.8 Å². The molecule has 0 saturated heterocycles. The number of hydrogen-bond acceptors (Lipinski definition) is 2. The molecule has 0 bridgehead atoms. The third-order valence-electron chi connectivity index (χ3n) is 0.852. The van der Waals surface area contributed by atoms with Gasteiger partial charge in [-0.25, -0.2) is 0 Å². The minimum Gasteiger partial charge on any atom is -0.394 e. The van der Waals surface area contributed by atoms with Gasteiger partial charge >= 0.3 is 0 Å². The van der Waals surface area contributed by atoms with Crippen molar-refractivity contribution in [3.63, 3.8) is 0 Å². The molecule has 0 aliphatic carbocycles. The molecule has 0 aliphatic rings. The smallest absolute Gasteiger partial charge is 0.0701 e. The Kier molecular flexibility index (Phi) is 7.37. The molecule has 0 amide bonds. The summed E-state index contributed by atoms with van der Waals surface area (Å²) in [6.45, 7) is 3.24. The first-order valence-corrected chi connectivity index (χ1v) is 3.25. The van der Waals surface area contributed by atoms with E-state index in [9.17, 15) is 0 Å². The Bertz CT molecular complexity index is 69.3. The minimum atomic E-state index is 0.111. The van der Waals surface area contributed by atoms with Crippen molar-refractivity contribution in [2.75, 3.05) is 19.8 Å². The molecule has 9 heavy (non-hydrogen) atoms. The van der Waals surface area contributed by atoms with Crippen molar-refractivity contribution in [3.8, 4) is 0 Å². The van der Waals surface area contributed by atoms with E-state index in [-0.39, 0.29) is 6.61 Å². The molecule has 0 fully saturated rings. The molecule has 0 aromatic heterocycles. The van der Waals surface area contributed by atoms with E-state index in [4.69, 9.17) is 9.84 Å². The van der Waals surface area contributed by atoms with E-state index in [0.717, 1.165) is 6.42 Å². The summed E-state index contributed by atoms with van der Waals surface area (Å²) in [5.74, 6) is 0. The molecule has 0 aromatic carbocycles. The standard InChI is InChI=1S/C7H14O2/c1-2-3-4-6-9-7-5-8/h3-4,8H,2,5-7H2,1H3. The van der Waals surface area contributed by atoms with Crippen LogP contribution in [0.2, 0.25) is 0 Å². The maximum Gasteiger partial charge on any atom is 0.0701 e. The van der Waals surface area contributed by atoms with Gasteiger partial charge in [0.1, 0.15) is 0 Å². The van der Waals surface area contributed by atoms with Gasteiger partial charge in [0, 0.05) is 0 Å². The third-order valence-corrected chi connectivity index (χ3v) is 0.852. The van der Waals surface area contributed by atoms with Gasteiger partial charge in [-0.3, -0.25) is 0 Å². The average Bonchev–Trinajstić information content (AvgIpc) is 1.89. The van der Waals surface area contributed by atoms with Crippen LogP contribution in [-0.4, -0.2) is 24.9 Å². The van der Waals surface area contributed by atoms with Crippen molar-refractivity contribution in [1.82, 2.24) is 0 Å². The zero-order valence-electron chi connectivity index (χ0n) is 5.84. The molecular weight excluding hydrogens is 116 g/mol. The first kappa shape index (κ1) is 8.66. The average molecular weight is 130 g/mol. The Morgan fingerprint density at radius 3 is 2.78 bits per heavy atom. The predicted octanol–water partition coefficient (Wildman–Crippen LogP) is 0.962. The van der Waals surface area contributed by atoms with E-state index in [1.54, 1.807) is 0 Å². The topological polar surface area (TPSA) is 29.5 Å². The van der Waals surface area contributed by atoms with Crippen LogP contribution < -0.4 is 0 Å². The highest BCUT2D eigenvalue weighted by molar-refractivity contribution is 4.79. The first-order chi connectivity index (χ1) is 4.41. The van der Waals surface area contributed by atoms with Crippen LogP contribution in [0.15, 0.2) is 12.2 Å². The van der Waals surface area contributed by atoms with Crippen LogP contribution in [0.4, 0.5) is 0 Å². The maximum atomic E-state index is 8.27. The Labute approximate surface area is 56.1 Å². The number of rotatable bonds is 5. The third kappa shape index (κ3) is 7.66. The number of allylic oxidation sites excluding steroid dienone is 1. The van der Waals surface area contributed by atoms with E-state index < -0.39 is 0 Å². The zero-order chi connectivity index (χ0) is 6.95. The molecule has 0 unspecified atom stereocenters. The molecule has 2 nitrogen and oxygen atoms in total. The molecule has 0 heterocycles. The summed E-state index contributed by atoms with van der Waals surface area (Å²) < 4.78 is 4.95. The summed E-state index contributed by atoms with van der Waals surface area (Å²) >= 11 is 0. The molecule has 1 N–H and O–H groups in total. The highest BCUT2D eigenvalue weighted by Crippen LogP contribution is 1.80. The van der Waals surface area contributed by atoms with Crippen molar-refractivity contribution in [1.29, 1.82) is 0 Å². The fraction of sp³-hybridized carbons (Fsp3) is 0.714. The second-order valence-electron chi connectivity index (χ2n) is 1.68. The van der Waals surface area contributed by atoms with E-state index in [1.165, 1.54) is 0 Å². The zero-order valence-corrected chi connectivity index (χ0v) is 5.84. The van der Waals surface area contributed by atoms with Crippen LogP contribution in [0.3, 0.4) is 0 Å². The molecule has 0 rings (SSSR count). The lowest BCUT2D eigenvalue weighted by atomic mass is 10.4. The molecule has 0 saturated carbocycles. The van der Waals surface area contributed by atoms with Crippen LogP contribution in [0, 0.1) is 0 Å². The summed E-state index contributed by atoms with van der Waals surface area (Å²) in [4.78, 5) is 0.